The van der Waals surface area contributed by atoms with E-state index in [1.165, 1.54) is 0 Å². The van der Waals surface area contributed by atoms with Crippen molar-refractivity contribution in [2.45, 2.75) is 0 Å². The molecule has 1 heterocycles. The number of para-hydroxylation sites is 1. The lowest BCUT2D eigenvalue weighted by Gasteiger charge is -1.99. The van der Waals surface area contributed by atoms with Gasteiger partial charge >= 0.3 is 0 Å². The molecule has 0 radical (unpaired) electrons. The van der Waals surface area contributed by atoms with Crippen LogP contribution in [-0.2, 0) is 0 Å². The van der Waals surface area contributed by atoms with Crippen LogP contribution in [-0.4, -0.2) is 22.1 Å². The zero-order chi connectivity index (χ0) is 14.5. The Labute approximate surface area is 123 Å². The van der Waals surface area contributed by atoms with E-state index in [-0.39, 0.29) is 0 Å². The van der Waals surface area contributed by atoms with Crippen LogP contribution in [0.15, 0.2) is 60.8 Å². The number of rotatable bonds is 4. The average molecular weight is 277 g/mol. The van der Waals surface area contributed by atoms with Gasteiger partial charge in [-0.1, -0.05) is 41.6 Å². The minimum atomic E-state index is 0.807. The molecule has 0 atom stereocenters. The molecule has 0 unspecified atom stereocenters. The lowest BCUT2D eigenvalue weighted by molar-refractivity contribution is 0.414. The maximum Gasteiger partial charge on any atom is 0.119 e. The maximum absolute atomic E-state index is 5.20. The summed E-state index contributed by atoms with van der Waals surface area (Å²) < 4.78 is 6.96. The zero-order valence-corrected chi connectivity index (χ0v) is 11.7. The van der Waals surface area contributed by atoms with Gasteiger partial charge in [0, 0.05) is 0 Å². The third-order valence-electron chi connectivity index (χ3n) is 3.07. The third-order valence-corrected chi connectivity index (χ3v) is 3.07. The first-order valence-corrected chi connectivity index (χ1v) is 6.65. The van der Waals surface area contributed by atoms with E-state index in [1.807, 2.05) is 72.9 Å². The summed E-state index contributed by atoms with van der Waals surface area (Å²) in [5.41, 5.74) is 2.86. The molecular weight excluding hydrogens is 262 g/mol. The molecule has 0 saturated heterocycles. The molecule has 4 nitrogen and oxygen atoms in total. The van der Waals surface area contributed by atoms with Crippen LogP contribution in [0, 0.1) is 0 Å². The smallest absolute Gasteiger partial charge is 0.119 e. The Morgan fingerprint density at radius 2 is 1.86 bits per heavy atom. The van der Waals surface area contributed by atoms with Crippen LogP contribution in [0.2, 0.25) is 0 Å². The first-order valence-electron chi connectivity index (χ1n) is 6.65. The lowest BCUT2D eigenvalue weighted by Crippen LogP contribution is -1.93. The van der Waals surface area contributed by atoms with Crippen molar-refractivity contribution in [2.24, 2.45) is 0 Å². The molecule has 4 heteroatoms. The van der Waals surface area contributed by atoms with Gasteiger partial charge in [-0.15, -0.1) is 5.10 Å². The largest absolute Gasteiger partial charge is 0.497 e. The van der Waals surface area contributed by atoms with Crippen LogP contribution >= 0.6 is 0 Å². The maximum atomic E-state index is 5.20. The van der Waals surface area contributed by atoms with Crippen molar-refractivity contribution in [3.05, 3.63) is 72.1 Å². The molecule has 1 aromatic heterocycles. The van der Waals surface area contributed by atoms with Crippen molar-refractivity contribution in [3.63, 3.8) is 0 Å². The normalized spacial score (nSPS) is 10.9. The number of hydrogen-bond donors (Lipinski definition) is 0. The number of benzene rings is 2. The van der Waals surface area contributed by atoms with Crippen LogP contribution in [0.3, 0.4) is 0 Å². The highest BCUT2D eigenvalue weighted by Crippen LogP contribution is 2.15. The molecule has 0 aliphatic carbocycles. The van der Waals surface area contributed by atoms with Crippen molar-refractivity contribution in [1.29, 1.82) is 0 Å². The Morgan fingerprint density at radius 3 is 2.67 bits per heavy atom. The van der Waals surface area contributed by atoms with Crippen molar-refractivity contribution in [2.75, 3.05) is 7.11 Å². The first-order chi connectivity index (χ1) is 10.3. The van der Waals surface area contributed by atoms with E-state index < -0.39 is 0 Å². The van der Waals surface area contributed by atoms with Gasteiger partial charge in [0.15, 0.2) is 0 Å². The predicted octanol–water partition coefficient (Wildman–Crippen LogP) is 3.45. The molecule has 0 saturated carbocycles. The number of ether oxygens (including phenoxy) is 1. The summed E-state index contributed by atoms with van der Waals surface area (Å²) in [6.45, 7) is 0. The summed E-state index contributed by atoms with van der Waals surface area (Å²) in [6.07, 6.45) is 5.81. The van der Waals surface area contributed by atoms with E-state index in [2.05, 4.69) is 10.3 Å². The number of aromatic nitrogens is 3. The van der Waals surface area contributed by atoms with Gasteiger partial charge in [-0.05, 0) is 35.9 Å². The minimum Gasteiger partial charge on any atom is -0.497 e. The van der Waals surface area contributed by atoms with E-state index in [1.54, 1.807) is 11.8 Å². The molecule has 0 bridgehead atoms. The summed E-state index contributed by atoms with van der Waals surface area (Å²) in [5, 5.41) is 8.27. The van der Waals surface area contributed by atoms with Gasteiger partial charge in [0.1, 0.15) is 11.4 Å². The molecule has 0 fully saturated rings. The quantitative estimate of drug-likeness (QED) is 0.733. The van der Waals surface area contributed by atoms with Gasteiger partial charge in [0.05, 0.1) is 19.0 Å². The predicted molar refractivity (Wildman–Crippen MR) is 83.3 cm³/mol. The molecule has 3 rings (SSSR count). The van der Waals surface area contributed by atoms with Gasteiger partial charge in [-0.2, -0.15) is 0 Å². The second kappa shape index (κ2) is 6.05. The molecule has 104 valence electrons. The summed E-state index contributed by atoms with van der Waals surface area (Å²) in [4.78, 5) is 0. The highest BCUT2D eigenvalue weighted by Gasteiger charge is 1.99. The lowest BCUT2D eigenvalue weighted by atomic mass is 10.2. The number of nitrogens with zero attached hydrogens (tertiary/aromatic N) is 3. The SMILES string of the molecule is COc1cccc(/C=C/c2cn(-c3ccccc3)nn2)c1. The fourth-order valence-corrected chi connectivity index (χ4v) is 1.99. The molecule has 0 spiro atoms. The Hall–Kier alpha value is -2.88. The van der Waals surface area contributed by atoms with E-state index in [0.717, 1.165) is 22.7 Å². The highest BCUT2D eigenvalue weighted by molar-refractivity contribution is 5.68. The van der Waals surface area contributed by atoms with Crippen LogP contribution in [0.5, 0.6) is 5.75 Å². The standard InChI is InChI=1S/C17H15N3O/c1-21-17-9-5-6-14(12-17)10-11-15-13-20(19-18-15)16-7-3-2-4-8-16/h2-13H,1H3/b11-10+. The summed E-state index contributed by atoms with van der Waals surface area (Å²) in [6, 6.07) is 17.8. The fourth-order valence-electron chi connectivity index (χ4n) is 1.99. The van der Waals surface area contributed by atoms with Crippen LogP contribution in [0.1, 0.15) is 11.3 Å². The van der Waals surface area contributed by atoms with Gasteiger partial charge in [0.25, 0.3) is 0 Å². The molecule has 3 aromatic rings. The highest BCUT2D eigenvalue weighted by atomic mass is 16.5. The Morgan fingerprint density at radius 1 is 1.00 bits per heavy atom. The molecule has 0 aliphatic heterocycles. The van der Waals surface area contributed by atoms with Crippen LogP contribution < -0.4 is 4.74 Å². The van der Waals surface area contributed by atoms with Crippen LogP contribution in [0.25, 0.3) is 17.8 Å². The fraction of sp³-hybridized carbons (Fsp3) is 0.0588. The van der Waals surface area contributed by atoms with E-state index >= 15 is 0 Å². The minimum absolute atomic E-state index is 0.807. The van der Waals surface area contributed by atoms with E-state index in [9.17, 15) is 0 Å². The van der Waals surface area contributed by atoms with Crippen molar-refractivity contribution in [1.82, 2.24) is 15.0 Å². The third kappa shape index (κ3) is 3.17. The average Bonchev–Trinajstić information content (AvgIpc) is 3.03. The Kier molecular flexibility index (Phi) is 3.78. The van der Waals surface area contributed by atoms with E-state index in [0.29, 0.717) is 0 Å². The topological polar surface area (TPSA) is 39.9 Å². The second-order valence-corrected chi connectivity index (χ2v) is 4.53. The zero-order valence-electron chi connectivity index (χ0n) is 11.7. The van der Waals surface area contributed by atoms with Crippen molar-refractivity contribution in [3.8, 4) is 11.4 Å². The Balaban J connectivity index is 1.79. The van der Waals surface area contributed by atoms with Gasteiger partial charge in [-0.25, -0.2) is 4.68 Å². The molecule has 0 aliphatic rings. The number of hydrogen-bond acceptors (Lipinski definition) is 3. The van der Waals surface area contributed by atoms with E-state index in [4.69, 9.17) is 4.74 Å². The molecular formula is C17H15N3O. The first kappa shape index (κ1) is 13.1. The van der Waals surface area contributed by atoms with Crippen molar-refractivity contribution >= 4 is 12.2 Å². The second-order valence-electron chi connectivity index (χ2n) is 4.53. The molecule has 21 heavy (non-hydrogen) atoms. The van der Waals surface area contributed by atoms with Gasteiger partial charge in [-0.3, -0.25) is 0 Å². The summed E-state index contributed by atoms with van der Waals surface area (Å²) in [7, 11) is 1.66. The molecule has 2 aromatic carbocycles. The molecule has 0 amide bonds. The van der Waals surface area contributed by atoms with Gasteiger partial charge in [0.2, 0.25) is 0 Å². The Bertz CT molecular complexity index is 747. The van der Waals surface area contributed by atoms with Gasteiger partial charge < -0.3 is 4.74 Å². The number of methoxy groups -OCH3 is 1. The molecule has 0 N–H and O–H groups in total. The van der Waals surface area contributed by atoms with Crippen LogP contribution in [0.4, 0.5) is 0 Å². The monoisotopic (exact) mass is 277 g/mol. The summed E-state index contributed by atoms with van der Waals surface area (Å²) >= 11 is 0. The van der Waals surface area contributed by atoms with Crippen molar-refractivity contribution < 1.29 is 4.74 Å². The summed E-state index contributed by atoms with van der Waals surface area (Å²) in [5.74, 6) is 0.838.